The van der Waals surface area contributed by atoms with Gasteiger partial charge in [0.05, 0.1) is 5.69 Å². The van der Waals surface area contributed by atoms with Gasteiger partial charge in [0.15, 0.2) is 0 Å². The van der Waals surface area contributed by atoms with E-state index in [1.807, 2.05) is 19.1 Å². The molecule has 2 heterocycles. The van der Waals surface area contributed by atoms with Crippen molar-refractivity contribution in [3.8, 4) is 5.88 Å². The quantitative estimate of drug-likeness (QED) is 0.847. The maximum absolute atomic E-state index is 11.0. The molecule has 0 aromatic carbocycles. The number of carboxylic acids is 1. The molecule has 0 aliphatic heterocycles. The number of carbonyl (C=O) groups is 1. The van der Waals surface area contributed by atoms with E-state index in [1.165, 1.54) is 12.3 Å². The highest BCUT2D eigenvalue weighted by molar-refractivity contribution is 5.90. The Bertz CT molecular complexity index is 508. The second-order valence-electron chi connectivity index (χ2n) is 3.55. The van der Waals surface area contributed by atoms with Gasteiger partial charge in [-0.25, -0.2) is 9.78 Å². The molecular weight excluding hydrogens is 220 g/mol. The normalized spacial score (nSPS) is 12.1. The van der Waals surface area contributed by atoms with Gasteiger partial charge in [0.25, 0.3) is 0 Å². The molecule has 5 heteroatoms. The Labute approximate surface area is 98.1 Å². The Morgan fingerprint density at radius 2 is 2.29 bits per heavy atom. The fourth-order valence-electron chi connectivity index (χ4n) is 1.48. The van der Waals surface area contributed by atoms with Gasteiger partial charge in [0.1, 0.15) is 11.7 Å². The maximum atomic E-state index is 11.0. The van der Waals surface area contributed by atoms with E-state index in [-0.39, 0.29) is 17.5 Å². The van der Waals surface area contributed by atoms with E-state index in [9.17, 15) is 4.79 Å². The molecule has 2 N–H and O–H groups in total. The Hall–Kier alpha value is -2.30. The molecule has 17 heavy (non-hydrogen) atoms. The molecule has 5 nitrogen and oxygen atoms in total. The van der Waals surface area contributed by atoms with Crippen LogP contribution in [0.4, 0.5) is 0 Å². The summed E-state index contributed by atoms with van der Waals surface area (Å²) in [6.07, 6.45) is 3.01. The fourth-order valence-corrected chi connectivity index (χ4v) is 1.48. The van der Waals surface area contributed by atoms with Crippen molar-refractivity contribution >= 4 is 5.97 Å². The largest absolute Gasteiger partial charge is 0.477 e. The van der Waals surface area contributed by atoms with Gasteiger partial charge in [0.2, 0.25) is 5.88 Å². The first-order chi connectivity index (χ1) is 8.18. The van der Waals surface area contributed by atoms with Crippen molar-refractivity contribution in [3.63, 3.8) is 0 Å². The number of nitrogens with zero attached hydrogens (tertiary/aromatic N) is 1. The molecule has 0 spiro atoms. The van der Waals surface area contributed by atoms with E-state index in [0.29, 0.717) is 0 Å². The molecule has 2 rings (SSSR count). The summed E-state index contributed by atoms with van der Waals surface area (Å²) in [5.41, 5.74) is 0.929. The predicted octanol–water partition coefficient (Wildman–Crippen LogP) is 2.25. The van der Waals surface area contributed by atoms with Crippen LogP contribution >= 0.6 is 0 Å². The first-order valence-corrected chi connectivity index (χ1v) is 5.16. The predicted molar refractivity (Wildman–Crippen MR) is 61.0 cm³/mol. The highest BCUT2D eigenvalue weighted by atomic mass is 16.5. The van der Waals surface area contributed by atoms with Crippen molar-refractivity contribution in [1.82, 2.24) is 9.97 Å². The number of aromatic carboxylic acids is 1. The Morgan fingerprint density at radius 3 is 2.94 bits per heavy atom. The van der Waals surface area contributed by atoms with Gasteiger partial charge < -0.3 is 14.8 Å². The van der Waals surface area contributed by atoms with E-state index in [1.54, 1.807) is 12.3 Å². The fraction of sp³-hybridized carbons (Fsp3) is 0.167. The van der Waals surface area contributed by atoms with Crippen LogP contribution in [-0.4, -0.2) is 21.0 Å². The smallest absolute Gasteiger partial charge is 0.341 e. The molecule has 0 aliphatic carbocycles. The average Bonchev–Trinajstić information content (AvgIpc) is 2.83. The molecular formula is C12H12N2O3. The number of pyridine rings is 1. The second kappa shape index (κ2) is 4.69. The van der Waals surface area contributed by atoms with Gasteiger partial charge in [0, 0.05) is 12.4 Å². The zero-order valence-corrected chi connectivity index (χ0v) is 9.25. The molecule has 1 atom stereocenters. The minimum absolute atomic E-state index is 0.0610. The molecule has 0 bridgehead atoms. The van der Waals surface area contributed by atoms with Crippen LogP contribution in [0, 0.1) is 0 Å². The van der Waals surface area contributed by atoms with E-state index in [4.69, 9.17) is 9.84 Å². The molecule has 2 aromatic heterocycles. The van der Waals surface area contributed by atoms with Gasteiger partial charge in [-0.1, -0.05) is 0 Å². The summed E-state index contributed by atoms with van der Waals surface area (Å²) in [5, 5.41) is 8.98. The monoisotopic (exact) mass is 232 g/mol. The van der Waals surface area contributed by atoms with Gasteiger partial charge in [-0.05, 0) is 31.2 Å². The lowest BCUT2D eigenvalue weighted by Gasteiger charge is -2.13. The maximum Gasteiger partial charge on any atom is 0.341 e. The summed E-state index contributed by atoms with van der Waals surface area (Å²) < 4.78 is 5.53. The van der Waals surface area contributed by atoms with Crippen molar-refractivity contribution in [1.29, 1.82) is 0 Å². The number of carboxylic acid groups (broad SMARTS) is 1. The van der Waals surface area contributed by atoms with Crippen LogP contribution in [0.3, 0.4) is 0 Å². The van der Waals surface area contributed by atoms with Gasteiger partial charge in [-0.15, -0.1) is 0 Å². The number of H-pyrrole nitrogens is 1. The molecule has 0 radical (unpaired) electrons. The number of hydrogen-bond donors (Lipinski definition) is 2. The third-order valence-electron chi connectivity index (χ3n) is 2.35. The zero-order valence-electron chi connectivity index (χ0n) is 9.25. The summed E-state index contributed by atoms with van der Waals surface area (Å²) in [5.74, 6) is -0.922. The van der Waals surface area contributed by atoms with E-state index >= 15 is 0 Å². The Kier molecular flexibility index (Phi) is 3.09. The molecule has 1 unspecified atom stereocenters. The van der Waals surface area contributed by atoms with Gasteiger partial charge in [-0.2, -0.15) is 0 Å². The standard InChI is InChI=1S/C12H12N2O3/c1-8(10-5-3-6-13-10)17-11-9(12(15)16)4-2-7-14-11/h2-8,13H,1H3,(H,15,16). The van der Waals surface area contributed by atoms with Crippen LogP contribution in [0.25, 0.3) is 0 Å². The summed E-state index contributed by atoms with van der Waals surface area (Å²) in [7, 11) is 0. The molecule has 2 aromatic rings. The zero-order chi connectivity index (χ0) is 12.3. The van der Waals surface area contributed by atoms with Crippen molar-refractivity contribution in [3.05, 3.63) is 47.9 Å². The third-order valence-corrected chi connectivity index (χ3v) is 2.35. The lowest BCUT2D eigenvalue weighted by molar-refractivity contribution is 0.0688. The SMILES string of the molecule is CC(Oc1ncccc1C(=O)O)c1ccc[nH]1. The summed E-state index contributed by atoms with van der Waals surface area (Å²) in [6, 6.07) is 6.75. The Balaban J connectivity index is 2.21. The van der Waals surface area contributed by atoms with E-state index < -0.39 is 5.97 Å². The van der Waals surface area contributed by atoms with Crippen LogP contribution in [0.5, 0.6) is 5.88 Å². The van der Waals surface area contributed by atoms with Crippen LogP contribution in [0.15, 0.2) is 36.7 Å². The summed E-state index contributed by atoms with van der Waals surface area (Å²) >= 11 is 0. The number of hydrogen-bond acceptors (Lipinski definition) is 3. The van der Waals surface area contributed by atoms with Crippen LogP contribution in [0.2, 0.25) is 0 Å². The topological polar surface area (TPSA) is 75.2 Å². The summed E-state index contributed by atoms with van der Waals surface area (Å²) in [4.78, 5) is 17.9. The van der Waals surface area contributed by atoms with Crippen LogP contribution in [0.1, 0.15) is 29.1 Å². The molecule has 0 aliphatic rings. The number of aromatic amines is 1. The number of rotatable bonds is 4. The van der Waals surface area contributed by atoms with Crippen LogP contribution < -0.4 is 4.74 Å². The Morgan fingerprint density at radius 1 is 1.47 bits per heavy atom. The number of aromatic nitrogens is 2. The average molecular weight is 232 g/mol. The van der Waals surface area contributed by atoms with Crippen molar-refractivity contribution in [2.24, 2.45) is 0 Å². The first kappa shape index (κ1) is 11.2. The van der Waals surface area contributed by atoms with Gasteiger partial charge in [-0.3, -0.25) is 0 Å². The molecule has 0 saturated carbocycles. The van der Waals surface area contributed by atoms with Crippen LogP contribution in [-0.2, 0) is 0 Å². The highest BCUT2D eigenvalue weighted by Gasteiger charge is 2.15. The highest BCUT2D eigenvalue weighted by Crippen LogP contribution is 2.21. The second-order valence-corrected chi connectivity index (χ2v) is 3.55. The molecule has 0 saturated heterocycles. The number of nitrogens with one attached hydrogen (secondary N) is 1. The van der Waals surface area contributed by atoms with E-state index in [0.717, 1.165) is 5.69 Å². The molecule has 0 amide bonds. The van der Waals surface area contributed by atoms with E-state index in [2.05, 4.69) is 9.97 Å². The first-order valence-electron chi connectivity index (χ1n) is 5.16. The third kappa shape index (κ3) is 2.44. The van der Waals surface area contributed by atoms with Crippen molar-refractivity contribution in [2.45, 2.75) is 13.0 Å². The number of ether oxygens (including phenoxy) is 1. The van der Waals surface area contributed by atoms with Crippen molar-refractivity contribution < 1.29 is 14.6 Å². The minimum Gasteiger partial charge on any atom is -0.477 e. The lowest BCUT2D eigenvalue weighted by Crippen LogP contribution is -2.09. The minimum atomic E-state index is -1.05. The lowest BCUT2D eigenvalue weighted by atomic mass is 10.2. The molecule has 0 fully saturated rings. The molecule has 88 valence electrons. The van der Waals surface area contributed by atoms with Crippen molar-refractivity contribution in [2.75, 3.05) is 0 Å². The van der Waals surface area contributed by atoms with Gasteiger partial charge >= 0.3 is 5.97 Å². The summed E-state index contributed by atoms with van der Waals surface area (Å²) in [6.45, 7) is 1.83.